The van der Waals surface area contributed by atoms with Gasteiger partial charge in [-0.25, -0.2) is 0 Å². The molecule has 1 aliphatic heterocycles. The minimum absolute atomic E-state index is 0.466. The average molecular weight is 458 g/mol. The van der Waals surface area contributed by atoms with Crippen LogP contribution in [-0.2, 0) is 30.5 Å². The van der Waals surface area contributed by atoms with Gasteiger partial charge in [-0.2, -0.15) is 13.2 Å². The summed E-state index contributed by atoms with van der Waals surface area (Å²) in [5, 5.41) is 3.56. The molecule has 0 amide bonds. The Morgan fingerprint density at radius 2 is 1.73 bits per heavy atom. The fourth-order valence-electron chi connectivity index (χ4n) is 4.44. The standard InChI is InChI=1S/C26H30F3N3O/c1-4-23-24-22(16-33-17-31(24)14-18(2)3)25(30-21-8-6-5-7-9-21)32(23)15-19-10-12-20(13-11-19)26(27,28)29/h5-13,18,30H,4,14-17H2,1-3H3. The highest BCUT2D eigenvalue weighted by molar-refractivity contribution is 5.74. The zero-order chi connectivity index (χ0) is 23.6. The minimum atomic E-state index is -4.34. The van der Waals surface area contributed by atoms with E-state index < -0.39 is 11.7 Å². The normalized spacial score (nSPS) is 14.0. The molecule has 7 heteroatoms. The molecule has 33 heavy (non-hydrogen) atoms. The summed E-state index contributed by atoms with van der Waals surface area (Å²) in [5.41, 5.74) is 4.57. The predicted octanol–water partition coefficient (Wildman–Crippen LogP) is 6.81. The van der Waals surface area contributed by atoms with Crippen LogP contribution in [0.15, 0.2) is 54.6 Å². The number of benzene rings is 2. The van der Waals surface area contributed by atoms with Crippen molar-refractivity contribution < 1.29 is 17.9 Å². The predicted molar refractivity (Wildman–Crippen MR) is 126 cm³/mol. The maximum Gasteiger partial charge on any atom is 0.416 e. The van der Waals surface area contributed by atoms with E-state index in [-0.39, 0.29) is 0 Å². The fourth-order valence-corrected chi connectivity index (χ4v) is 4.44. The van der Waals surface area contributed by atoms with E-state index in [1.165, 1.54) is 5.69 Å². The third-order valence-corrected chi connectivity index (χ3v) is 5.83. The third kappa shape index (κ3) is 5.03. The van der Waals surface area contributed by atoms with Gasteiger partial charge in [0.1, 0.15) is 12.5 Å². The molecule has 0 bridgehead atoms. The Bertz CT molecular complexity index is 1070. The van der Waals surface area contributed by atoms with Crippen molar-refractivity contribution in [3.8, 4) is 0 Å². The van der Waals surface area contributed by atoms with E-state index >= 15 is 0 Å². The number of nitrogens with zero attached hydrogens (tertiary/aromatic N) is 2. The molecule has 0 radical (unpaired) electrons. The molecule has 0 atom stereocenters. The molecule has 1 aromatic heterocycles. The van der Waals surface area contributed by atoms with E-state index in [9.17, 15) is 13.2 Å². The largest absolute Gasteiger partial charge is 0.416 e. The third-order valence-electron chi connectivity index (χ3n) is 5.83. The summed E-state index contributed by atoms with van der Waals surface area (Å²) in [6, 6.07) is 15.4. The van der Waals surface area contributed by atoms with E-state index in [1.54, 1.807) is 12.1 Å². The first kappa shape index (κ1) is 23.2. The van der Waals surface area contributed by atoms with Gasteiger partial charge >= 0.3 is 6.18 Å². The topological polar surface area (TPSA) is 29.4 Å². The van der Waals surface area contributed by atoms with Gasteiger partial charge in [-0.05, 0) is 42.2 Å². The summed E-state index contributed by atoms with van der Waals surface area (Å²) in [4.78, 5) is 2.28. The van der Waals surface area contributed by atoms with E-state index in [2.05, 4.69) is 35.6 Å². The Morgan fingerprint density at radius 1 is 1.03 bits per heavy atom. The molecule has 4 rings (SSSR count). The first-order valence-corrected chi connectivity index (χ1v) is 11.3. The molecule has 2 heterocycles. The van der Waals surface area contributed by atoms with Gasteiger partial charge < -0.3 is 19.5 Å². The number of fused-ring (bicyclic) bond motifs is 1. The van der Waals surface area contributed by atoms with Gasteiger partial charge in [-0.1, -0.05) is 51.1 Å². The molecule has 1 N–H and O–H groups in total. The Labute approximate surface area is 193 Å². The molecule has 1 aliphatic rings. The van der Waals surface area contributed by atoms with Gasteiger partial charge in [-0.3, -0.25) is 0 Å². The van der Waals surface area contributed by atoms with Crippen LogP contribution in [0.4, 0.5) is 30.4 Å². The van der Waals surface area contributed by atoms with E-state index in [4.69, 9.17) is 4.74 Å². The number of anilines is 3. The maximum atomic E-state index is 13.0. The van der Waals surface area contributed by atoms with E-state index in [1.807, 2.05) is 30.3 Å². The molecule has 0 unspecified atom stereocenters. The molecule has 176 valence electrons. The zero-order valence-corrected chi connectivity index (χ0v) is 19.2. The second-order valence-electron chi connectivity index (χ2n) is 8.84. The smallest absolute Gasteiger partial charge is 0.356 e. The number of halogens is 3. The summed E-state index contributed by atoms with van der Waals surface area (Å²) in [5.74, 6) is 1.40. The van der Waals surface area contributed by atoms with E-state index in [0.29, 0.717) is 25.8 Å². The van der Waals surface area contributed by atoms with Crippen molar-refractivity contribution in [2.45, 2.75) is 46.5 Å². The maximum absolute atomic E-state index is 13.0. The summed E-state index contributed by atoms with van der Waals surface area (Å²) >= 11 is 0. The van der Waals surface area contributed by atoms with Gasteiger partial charge in [0.25, 0.3) is 0 Å². The van der Waals surface area contributed by atoms with Crippen LogP contribution in [0.3, 0.4) is 0 Å². The highest BCUT2D eigenvalue weighted by atomic mass is 19.4. The lowest BCUT2D eigenvalue weighted by Crippen LogP contribution is -2.34. The van der Waals surface area contributed by atoms with Crippen LogP contribution in [-0.4, -0.2) is 17.8 Å². The van der Waals surface area contributed by atoms with Gasteiger partial charge in [-0.15, -0.1) is 0 Å². The first-order valence-electron chi connectivity index (χ1n) is 11.3. The molecule has 4 nitrogen and oxygen atoms in total. The summed E-state index contributed by atoms with van der Waals surface area (Å²) in [7, 11) is 0. The van der Waals surface area contributed by atoms with Crippen molar-refractivity contribution in [2.24, 2.45) is 5.92 Å². The lowest BCUT2D eigenvalue weighted by molar-refractivity contribution is -0.137. The van der Waals surface area contributed by atoms with E-state index in [0.717, 1.165) is 53.4 Å². The Morgan fingerprint density at radius 3 is 2.33 bits per heavy atom. The SMILES string of the molecule is CCc1c2c(c(Nc3ccccc3)n1Cc1ccc(C(F)(F)F)cc1)COCN2CC(C)C. The van der Waals surface area contributed by atoms with Crippen LogP contribution in [0.1, 0.15) is 43.2 Å². The molecule has 3 aromatic rings. The Balaban J connectivity index is 1.79. The van der Waals surface area contributed by atoms with Gasteiger partial charge in [0.2, 0.25) is 0 Å². The summed E-state index contributed by atoms with van der Waals surface area (Å²) < 4.78 is 47.3. The fraction of sp³-hybridized carbons (Fsp3) is 0.385. The first-order chi connectivity index (χ1) is 15.8. The highest BCUT2D eigenvalue weighted by Crippen LogP contribution is 2.41. The molecule has 0 spiro atoms. The zero-order valence-electron chi connectivity index (χ0n) is 19.2. The number of alkyl halides is 3. The van der Waals surface area contributed by atoms with Crippen molar-refractivity contribution in [1.29, 1.82) is 0 Å². The second kappa shape index (κ2) is 9.51. The second-order valence-corrected chi connectivity index (χ2v) is 8.84. The van der Waals surface area contributed by atoms with Crippen molar-refractivity contribution in [1.82, 2.24) is 4.57 Å². The van der Waals surface area contributed by atoms with Crippen LogP contribution in [0.25, 0.3) is 0 Å². The summed E-state index contributed by atoms with van der Waals surface area (Å²) in [6.07, 6.45) is -3.54. The molecule has 0 aliphatic carbocycles. The summed E-state index contributed by atoms with van der Waals surface area (Å²) in [6.45, 7) is 8.85. The van der Waals surface area contributed by atoms with Gasteiger partial charge in [0.05, 0.1) is 17.9 Å². The van der Waals surface area contributed by atoms with Crippen molar-refractivity contribution in [2.75, 3.05) is 23.5 Å². The molecule has 0 saturated heterocycles. The molecular formula is C26H30F3N3O. The minimum Gasteiger partial charge on any atom is -0.356 e. The molecular weight excluding hydrogens is 427 g/mol. The number of nitrogens with one attached hydrogen (secondary N) is 1. The highest BCUT2D eigenvalue weighted by Gasteiger charge is 2.31. The molecule has 0 saturated carbocycles. The lowest BCUT2D eigenvalue weighted by Gasteiger charge is -2.31. The number of ether oxygens (including phenoxy) is 1. The van der Waals surface area contributed by atoms with Crippen molar-refractivity contribution in [3.05, 3.63) is 77.0 Å². The average Bonchev–Trinajstić information content (AvgIpc) is 3.07. The number of hydrogen-bond donors (Lipinski definition) is 1. The molecule has 2 aromatic carbocycles. The Hall–Kier alpha value is -2.93. The Kier molecular flexibility index (Phi) is 6.70. The van der Waals surface area contributed by atoms with Crippen LogP contribution in [0, 0.1) is 5.92 Å². The van der Waals surface area contributed by atoms with Crippen LogP contribution in [0.2, 0.25) is 0 Å². The quantitative estimate of drug-likeness (QED) is 0.423. The van der Waals surface area contributed by atoms with Crippen LogP contribution in [0.5, 0.6) is 0 Å². The monoisotopic (exact) mass is 457 g/mol. The van der Waals surface area contributed by atoms with Crippen molar-refractivity contribution >= 4 is 17.2 Å². The van der Waals surface area contributed by atoms with Crippen molar-refractivity contribution in [3.63, 3.8) is 0 Å². The number of hydrogen-bond acceptors (Lipinski definition) is 3. The number of aromatic nitrogens is 1. The van der Waals surface area contributed by atoms with Crippen LogP contribution < -0.4 is 10.2 Å². The number of para-hydroxylation sites is 1. The van der Waals surface area contributed by atoms with Crippen LogP contribution >= 0.6 is 0 Å². The van der Waals surface area contributed by atoms with Gasteiger partial charge in [0, 0.05) is 30.0 Å². The lowest BCUT2D eigenvalue weighted by atomic mass is 10.1. The number of rotatable bonds is 7. The molecule has 0 fully saturated rings. The van der Waals surface area contributed by atoms with Gasteiger partial charge in [0.15, 0.2) is 0 Å².